The maximum atomic E-state index is 13.9. The fourth-order valence-corrected chi connectivity index (χ4v) is 5.51. The lowest BCUT2D eigenvalue weighted by Gasteiger charge is -2.33. The van der Waals surface area contributed by atoms with Crippen LogP contribution in [0.2, 0.25) is 0 Å². The number of carbonyl (C=O) groups is 2. The molecule has 2 amide bonds. The molecule has 37 heavy (non-hydrogen) atoms. The van der Waals surface area contributed by atoms with Crippen LogP contribution in [0.4, 0.5) is 5.69 Å². The molecule has 0 saturated carbocycles. The molecule has 0 spiro atoms. The molecule has 0 radical (unpaired) electrons. The summed E-state index contributed by atoms with van der Waals surface area (Å²) in [6.07, 6.45) is 0.366. The van der Waals surface area contributed by atoms with Gasteiger partial charge in [-0.25, -0.2) is 8.42 Å². The Labute approximate surface area is 218 Å². The zero-order chi connectivity index (χ0) is 26.8. The molecule has 0 saturated heterocycles. The minimum atomic E-state index is -4.15. The number of sulfonamides is 1. The van der Waals surface area contributed by atoms with Crippen LogP contribution < -0.4 is 14.4 Å². The number of rotatable bonds is 12. The number of carbonyl (C=O) groups excluding carboxylic acids is 2. The van der Waals surface area contributed by atoms with Gasteiger partial charge >= 0.3 is 0 Å². The molecule has 0 aromatic heterocycles. The van der Waals surface area contributed by atoms with Crippen LogP contribution >= 0.6 is 0 Å². The average Bonchev–Trinajstić information content (AvgIpc) is 2.92. The van der Waals surface area contributed by atoms with Crippen molar-refractivity contribution in [3.05, 3.63) is 90.5 Å². The summed E-state index contributed by atoms with van der Waals surface area (Å²) in [7, 11) is -2.70. The van der Waals surface area contributed by atoms with Gasteiger partial charge in [0, 0.05) is 13.1 Å². The zero-order valence-electron chi connectivity index (χ0n) is 21.3. The van der Waals surface area contributed by atoms with Gasteiger partial charge in [-0.05, 0) is 43.2 Å². The molecular formula is C28H33N3O5S. The van der Waals surface area contributed by atoms with Gasteiger partial charge in [-0.1, -0.05) is 67.6 Å². The minimum Gasteiger partial charge on any atom is -0.495 e. The molecule has 1 N–H and O–H groups in total. The molecule has 196 valence electrons. The van der Waals surface area contributed by atoms with Gasteiger partial charge in [-0.15, -0.1) is 0 Å². The summed E-state index contributed by atoms with van der Waals surface area (Å²) in [6.45, 7) is 3.69. The zero-order valence-corrected chi connectivity index (χ0v) is 22.1. The molecular weight excluding hydrogens is 490 g/mol. The predicted molar refractivity (Wildman–Crippen MR) is 144 cm³/mol. The van der Waals surface area contributed by atoms with Gasteiger partial charge in [-0.2, -0.15) is 0 Å². The van der Waals surface area contributed by atoms with Crippen LogP contribution in [0.3, 0.4) is 0 Å². The summed E-state index contributed by atoms with van der Waals surface area (Å²) in [4.78, 5) is 28.3. The fraction of sp³-hybridized carbons (Fsp3) is 0.286. The van der Waals surface area contributed by atoms with Crippen LogP contribution in [0.15, 0.2) is 89.8 Å². The molecule has 0 bridgehead atoms. The normalized spacial score (nSPS) is 11.9. The Morgan fingerprint density at radius 2 is 1.49 bits per heavy atom. The summed E-state index contributed by atoms with van der Waals surface area (Å²) in [5.74, 6) is -0.489. The van der Waals surface area contributed by atoms with E-state index in [0.717, 1.165) is 9.87 Å². The number of hydrogen-bond acceptors (Lipinski definition) is 5. The number of nitrogens with zero attached hydrogens (tertiary/aromatic N) is 2. The second-order valence-corrected chi connectivity index (χ2v) is 10.2. The van der Waals surface area contributed by atoms with Crippen molar-refractivity contribution in [2.75, 3.05) is 24.5 Å². The Balaban J connectivity index is 2.07. The van der Waals surface area contributed by atoms with Crippen LogP contribution in [0.5, 0.6) is 5.75 Å². The number of methoxy groups -OCH3 is 1. The predicted octanol–water partition coefficient (Wildman–Crippen LogP) is 3.83. The molecule has 0 heterocycles. The highest BCUT2D eigenvalue weighted by Crippen LogP contribution is 2.32. The van der Waals surface area contributed by atoms with Gasteiger partial charge < -0.3 is 15.0 Å². The van der Waals surface area contributed by atoms with E-state index in [0.29, 0.717) is 18.7 Å². The van der Waals surface area contributed by atoms with Gasteiger partial charge in [0.2, 0.25) is 11.8 Å². The van der Waals surface area contributed by atoms with Crippen LogP contribution in [0.25, 0.3) is 0 Å². The lowest BCUT2D eigenvalue weighted by Crippen LogP contribution is -2.52. The van der Waals surface area contributed by atoms with Crippen molar-refractivity contribution >= 4 is 27.5 Å². The van der Waals surface area contributed by atoms with Crippen LogP contribution in [-0.4, -0.2) is 51.4 Å². The molecule has 9 heteroatoms. The SMILES string of the molecule is CCNC(=O)C(CC)N(Cc1ccccc1)C(=O)CN(c1ccccc1OC)S(=O)(=O)c1ccccc1. The molecule has 0 fully saturated rings. The molecule has 1 atom stereocenters. The smallest absolute Gasteiger partial charge is 0.264 e. The second-order valence-electron chi connectivity index (χ2n) is 8.32. The number of para-hydroxylation sites is 2. The van der Waals surface area contributed by atoms with E-state index in [1.807, 2.05) is 44.2 Å². The molecule has 3 rings (SSSR count). The molecule has 1 unspecified atom stereocenters. The van der Waals surface area contributed by atoms with Crippen LogP contribution in [0.1, 0.15) is 25.8 Å². The standard InChI is InChI=1S/C28H33N3O5S/c1-4-24(28(33)29-5-2)30(20-22-14-8-6-9-15-22)27(32)21-31(25-18-12-13-19-26(25)36-3)37(34,35)23-16-10-7-11-17-23/h6-19,24H,4-5,20-21H2,1-3H3,(H,29,33). The van der Waals surface area contributed by atoms with Crippen molar-refractivity contribution in [1.29, 1.82) is 0 Å². The van der Waals surface area contributed by atoms with Gasteiger partial charge in [0.05, 0.1) is 17.7 Å². The third-order valence-corrected chi connectivity index (χ3v) is 7.67. The second kappa shape index (κ2) is 12.9. The Morgan fingerprint density at radius 3 is 2.08 bits per heavy atom. The van der Waals surface area contributed by atoms with Crippen molar-refractivity contribution in [2.24, 2.45) is 0 Å². The molecule has 8 nitrogen and oxygen atoms in total. The largest absolute Gasteiger partial charge is 0.495 e. The van der Waals surface area contributed by atoms with E-state index in [2.05, 4.69) is 5.32 Å². The van der Waals surface area contributed by atoms with Crippen molar-refractivity contribution in [1.82, 2.24) is 10.2 Å². The number of nitrogens with one attached hydrogen (secondary N) is 1. The Kier molecular flexibility index (Phi) is 9.68. The first-order valence-electron chi connectivity index (χ1n) is 12.1. The third-order valence-electron chi connectivity index (χ3n) is 5.90. The van der Waals surface area contributed by atoms with Crippen LogP contribution in [-0.2, 0) is 26.2 Å². The molecule has 0 aliphatic heterocycles. The van der Waals surface area contributed by atoms with E-state index in [4.69, 9.17) is 4.74 Å². The molecule has 0 aliphatic rings. The summed E-state index contributed by atoms with van der Waals surface area (Å²) >= 11 is 0. The van der Waals surface area contributed by atoms with Crippen molar-refractivity contribution in [3.8, 4) is 5.75 Å². The summed E-state index contributed by atoms with van der Waals surface area (Å²) in [6, 6.07) is 23.1. The third kappa shape index (κ3) is 6.68. The number of amides is 2. The van der Waals surface area contributed by atoms with Gasteiger partial charge in [0.15, 0.2) is 0 Å². The lowest BCUT2D eigenvalue weighted by atomic mass is 10.1. The quantitative estimate of drug-likeness (QED) is 0.389. The van der Waals surface area contributed by atoms with E-state index in [1.54, 1.807) is 42.5 Å². The summed E-state index contributed by atoms with van der Waals surface area (Å²) < 4.78 is 34.1. The molecule has 3 aromatic rings. The summed E-state index contributed by atoms with van der Waals surface area (Å²) in [5, 5.41) is 2.79. The van der Waals surface area contributed by atoms with Gasteiger partial charge in [-0.3, -0.25) is 13.9 Å². The Hall–Kier alpha value is -3.85. The number of ether oxygens (including phenoxy) is 1. The molecule has 0 aliphatic carbocycles. The Bertz CT molecular complexity index is 1280. The van der Waals surface area contributed by atoms with Gasteiger partial charge in [0.25, 0.3) is 10.0 Å². The van der Waals surface area contributed by atoms with Crippen molar-refractivity contribution in [2.45, 2.75) is 37.8 Å². The lowest BCUT2D eigenvalue weighted by molar-refractivity contribution is -0.140. The maximum absolute atomic E-state index is 13.9. The monoisotopic (exact) mass is 523 g/mol. The highest BCUT2D eigenvalue weighted by molar-refractivity contribution is 7.92. The first-order chi connectivity index (χ1) is 17.8. The van der Waals surface area contributed by atoms with Crippen molar-refractivity contribution < 1.29 is 22.7 Å². The number of benzene rings is 3. The van der Waals surface area contributed by atoms with E-state index in [1.165, 1.54) is 24.1 Å². The average molecular weight is 524 g/mol. The minimum absolute atomic E-state index is 0.0408. The van der Waals surface area contributed by atoms with E-state index in [9.17, 15) is 18.0 Å². The Morgan fingerprint density at radius 1 is 0.892 bits per heavy atom. The number of anilines is 1. The van der Waals surface area contributed by atoms with Crippen LogP contribution in [0, 0.1) is 0 Å². The first kappa shape index (κ1) is 27.7. The summed E-state index contributed by atoms with van der Waals surface area (Å²) in [5.41, 5.74) is 1.06. The number of hydrogen-bond donors (Lipinski definition) is 1. The van der Waals surface area contributed by atoms with Gasteiger partial charge in [0.1, 0.15) is 18.3 Å². The highest BCUT2D eigenvalue weighted by Gasteiger charge is 2.34. The number of likely N-dealkylation sites (N-methyl/N-ethyl adjacent to an activating group) is 1. The maximum Gasteiger partial charge on any atom is 0.264 e. The fourth-order valence-electron chi connectivity index (χ4n) is 4.06. The van der Waals surface area contributed by atoms with E-state index < -0.39 is 28.5 Å². The first-order valence-corrected chi connectivity index (χ1v) is 13.6. The molecule has 3 aromatic carbocycles. The van der Waals surface area contributed by atoms with E-state index >= 15 is 0 Å². The van der Waals surface area contributed by atoms with E-state index in [-0.39, 0.29) is 23.0 Å². The topological polar surface area (TPSA) is 96.0 Å². The van der Waals surface area contributed by atoms with Crippen molar-refractivity contribution in [3.63, 3.8) is 0 Å². The highest BCUT2D eigenvalue weighted by atomic mass is 32.2.